The molecule has 0 unspecified atom stereocenters. The number of aromatic nitrogens is 1. The topological polar surface area (TPSA) is 63.2 Å². The largest absolute Gasteiger partial charge is 0.497 e. The summed E-state index contributed by atoms with van der Waals surface area (Å²) in [7, 11) is 1.65. The van der Waals surface area contributed by atoms with E-state index in [2.05, 4.69) is 15.6 Å². The lowest BCUT2D eigenvalue weighted by Crippen LogP contribution is -2.23. The number of amides is 1. The summed E-state index contributed by atoms with van der Waals surface area (Å²) in [5.74, 6) is 1.03. The molecule has 1 aromatic heterocycles. The normalized spacial score (nSPS) is 10.4. The molecule has 2 N–H and O–H groups in total. The second-order valence-corrected chi connectivity index (χ2v) is 6.27. The first-order valence-corrected chi connectivity index (χ1v) is 8.99. The van der Waals surface area contributed by atoms with Crippen LogP contribution >= 0.6 is 0 Å². The number of carbonyl (C=O) groups excluding carboxylic acids is 1. The Morgan fingerprint density at radius 2 is 1.71 bits per heavy atom. The second-order valence-electron chi connectivity index (χ2n) is 6.27. The SMILES string of the molecule is COc1ccc(CCNc2ccc(C(=O)NCc3ccc(F)cc3)cn2)cc1. The van der Waals surface area contributed by atoms with Gasteiger partial charge in [-0.1, -0.05) is 24.3 Å². The van der Waals surface area contributed by atoms with Gasteiger partial charge < -0.3 is 15.4 Å². The van der Waals surface area contributed by atoms with Crippen LogP contribution in [0.5, 0.6) is 5.75 Å². The quantitative estimate of drug-likeness (QED) is 0.625. The fourth-order valence-corrected chi connectivity index (χ4v) is 2.65. The van der Waals surface area contributed by atoms with Crippen LogP contribution in [0.25, 0.3) is 0 Å². The molecule has 3 rings (SSSR count). The van der Waals surface area contributed by atoms with Crippen molar-refractivity contribution in [2.45, 2.75) is 13.0 Å². The summed E-state index contributed by atoms with van der Waals surface area (Å²) in [6, 6.07) is 17.5. The maximum Gasteiger partial charge on any atom is 0.253 e. The van der Waals surface area contributed by atoms with Crippen molar-refractivity contribution in [1.29, 1.82) is 0 Å². The van der Waals surface area contributed by atoms with Gasteiger partial charge in [0.2, 0.25) is 0 Å². The summed E-state index contributed by atoms with van der Waals surface area (Å²) in [6.07, 6.45) is 2.39. The van der Waals surface area contributed by atoms with Crippen molar-refractivity contribution in [2.75, 3.05) is 19.0 Å². The van der Waals surface area contributed by atoms with E-state index in [-0.39, 0.29) is 11.7 Å². The third-order valence-corrected chi connectivity index (χ3v) is 4.27. The number of hydrogen-bond acceptors (Lipinski definition) is 4. The average molecular weight is 379 g/mol. The Balaban J connectivity index is 1.45. The number of methoxy groups -OCH3 is 1. The lowest BCUT2D eigenvalue weighted by atomic mass is 10.1. The molecule has 0 aliphatic heterocycles. The second kappa shape index (κ2) is 9.50. The number of rotatable bonds is 8. The zero-order valence-corrected chi connectivity index (χ0v) is 15.6. The molecule has 0 saturated heterocycles. The van der Waals surface area contributed by atoms with Gasteiger partial charge >= 0.3 is 0 Å². The third-order valence-electron chi connectivity index (χ3n) is 4.27. The molecule has 0 fully saturated rings. The zero-order valence-electron chi connectivity index (χ0n) is 15.6. The van der Waals surface area contributed by atoms with Crippen LogP contribution in [0.4, 0.5) is 10.2 Å². The molecule has 5 nitrogen and oxygen atoms in total. The minimum Gasteiger partial charge on any atom is -0.497 e. The molecule has 0 aliphatic rings. The standard InChI is InChI=1S/C22H22FN3O2/c1-28-20-9-4-16(5-10-20)12-13-24-21-11-6-18(15-25-21)22(27)26-14-17-2-7-19(23)8-3-17/h2-11,15H,12-14H2,1H3,(H,24,25)(H,26,27). The monoisotopic (exact) mass is 379 g/mol. The number of anilines is 1. The lowest BCUT2D eigenvalue weighted by molar-refractivity contribution is 0.0950. The molecule has 0 saturated carbocycles. The van der Waals surface area contributed by atoms with E-state index in [1.165, 1.54) is 23.9 Å². The Hall–Kier alpha value is -3.41. The van der Waals surface area contributed by atoms with Gasteiger partial charge in [-0.15, -0.1) is 0 Å². The average Bonchev–Trinajstić information content (AvgIpc) is 2.74. The van der Waals surface area contributed by atoms with Crippen LogP contribution < -0.4 is 15.4 Å². The molecule has 0 radical (unpaired) electrons. The molecule has 1 heterocycles. The first kappa shape index (κ1) is 19.4. The van der Waals surface area contributed by atoms with Crippen LogP contribution in [-0.2, 0) is 13.0 Å². The van der Waals surface area contributed by atoms with Crippen molar-refractivity contribution in [2.24, 2.45) is 0 Å². The van der Waals surface area contributed by atoms with Crippen molar-refractivity contribution < 1.29 is 13.9 Å². The van der Waals surface area contributed by atoms with Gasteiger partial charge in [0, 0.05) is 19.3 Å². The van der Waals surface area contributed by atoms with E-state index < -0.39 is 0 Å². The summed E-state index contributed by atoms with van der Waals surface area (Å²) in [4.78, 5) is 16.5. The summed E-state index contributed by atoms with van der Waals surface area (Å²) in [6.45, 7) is 1.07. The minimum atomic E-state index is -0.297. The van der Waals surface area contributed by atoms with Crippen LogP contribution in [0.15, 0.2) is 66.9 Å². The first-order valence-electron chi connectivity index (χ1n) is 8.99. The van der Waals surface area contributed by atoms with Crippen molar-refractivity contribution in [3.05, 3.63) is 89.4 Å². The highest BCUT2D eigenvalue weighted by molar-refractivity contribution is 5.94. The third kappa shape index (κ3) is 5.54. The molecule has 3 aromatic rings. The Morgan fingerprint density at radius 3 is 2.36 bits per heavy atom. The van der Waals surface area contributed by atoms with Crippen molar-refractivity contribution in [3.8, 4) is 5.75 Å². The van der Waals surface area contributed by atoms with Gasteiger partial charge in [0.1, 0.15) is 17.4 Å². The number of pyridine rings is 1. The van der Waals surface area contributed by atoms with Gasteiger partial charge in [-0.2, -0.15) is 0 Å². The van der Waals surface area contributed by atoms with Crippen molar-refractivity contribution in [3.63, 3.8) is 0 Å². The number of hydrogen-bond donors (Lipinski definition) is 2. The molecule has 144 valence electrons. The van der Waals surface area contributed by atoms with Gasteiger partial charge in [-0.25, -0.2) is 9.37 Å². The molecular formula is C22H22FN3O2. The summed E-state index contributed by atoms with van der Waals surface area (Å²) in [5.41, 5.74) is 2.51. The van der Waals surface area contributed by atoms with E-state index in [0.717, 1.165) is 24.3 Å². The molecule has 1 amide bonds. The van der Waals surface area contributed by atoms with Gasteiger partial charge in [0.15, 0.2) is 0 Å². The van der Waals surface area contributed by atoms with E-state index in [4.69, 9.17) is 4.74 Å². The smallest absolute Gasteiger partial charge is 0.253 e. The number of halogens is 1. The van der Waals surface area contributed by atoms with Gasteiger partial charge in [0.05, 0.1) is 12.7 Å². The Bertz CT molecular complexity index is 895. The molecule has 28 heavy (non-hydrogen) atoms. The van der Waals surface area contributed by atoms with Crippen LogP contribution in [0.2, 0.25) is 0 Å². The maximum atomic E-state index is 12.9. The summed E-state index contributed by atoms with van der Waals surface area (Å²) in [5, 5.41) is 6.04. The Morgan fingerprint density at radius 1 is 1.00 bits per heavy atom. The fraction of sp³-hybridized carbons (Fsp3) is 0.182. The van der Waals surface area contributed by atoms with E-state index in [9.17, 15) is 9.18 Å². The number of ether oxygens (including phenoxy) is 1. The predicted octanol–water partition coefficient (Wildman–Crippen LogP) is 3.81. The van der Waals surface area contributed by atoms with Gasteiger partial charge in [-0.05, 0) is 53.9 Å². The number of benzene rings is 2. The molecule has 0 bridgehead atoms. The molecular weight excluding hydrogens is 357 g/mol. The molecule has 2 aromatic carbocycles. The lowest BCUT2D eigenvalue weighted by Gasteiger charge is -2.08. The molecule has 0 spiro atoms. The van der Waals surface area contributed by atoms with Crippen molar-refractivity contribution in [1.82, 2.24) is 10.3 Å². The van der Waals surface area contributed by atoms with E-state index in [1.807, 2.05) is 24.3 Å². The Labute approximate surface area is 163 Å². The van der Waals surface area contributed by atoms with Gasteiger partial charge in [0.25, 0.3) is 5.91 Å². The van der Waals surface area contributed by atoms with Gasteiger partial charge in [-0.3, -0.25) is 4.79 Å². The molecule has 0 aliphatic carbocycles. The summed E-state index contributed by atoms with van der Waals surface area (Å²) < 4.78 is 18.0. The maximum absolute atomic E-state index is 12.9. The first-order chi connectivity index (χ1) is 13.6. The number of nitrogens with one attached hydrogen (secondary N) is 2. The number of nitrogens with zero attached hydrogens (tertiary/aromatic N) is 1. The number of carbonyl (C=O) groups is 1. The van der Waals surface area contributed by atoms with E-state index in [0.29, 0.717) is 17.9 Å². The summed E-state index contributed by atoms with van der Waals surface area (Å²) >= 11 is 0. The highest BCUT2D eigenvalue weighted by Gasteiger charge is 2.06. The van der Waals surface area contributed by atoms with Crippen LogP contribution in [0.3, 0.4) is 0 Å². The Kier molecular flexibility index (Phi) is 6.57. The van der Waals surface area contributed by atoms with Crippen LogP contribution in [-0.4, -0.2) is 24.5 Å². The zero-order chi connectivity index (χ0) is 19.8. The highest BCUT2D eigenvalue weighted by atomic mass is 19.1. The van der Waals surface area contributed by atoms with Crippen LogP contribution in [0, 0.1) is 5.82 Å². The minimum absolute atomic E-state index is 0.221. The predicted molar refractivity (Wildman–Crippen MR) is 107 cm³/mol. The van der Waals surface area contributed by atoms with Crippen molar-refractivity contribution >= 4 is 11.7 Å². The van der Waals surface area contributed by atoms with E-state index >= 15 is 0 Å². The highest BCUT2D eigenvalue weighted by Crippen LogP contribution is 2.12. The van der Waals surface area contributed by atoms with Crippen LogP contribution in [0.1, 0.15) is 21.5 Å². The molecule has 6 heteroatoms. The molecule has 0 atom stereocenters. The fourth-order valence-electron chi connectivity index (χ4n) is 2.65. The van der Waals surface area contributed by atoms with E-state index in [1.54, 1.807) is 31.4 Å².